The predicted octanol–water partition coefficient (Wildman–Crippen LogP) is 4.04. The molecule has 2 aliphatic rings. The number of hydrogen-bond donors (Lipinski definition) is 0. The lowest BCUT2D eigenvalue weighted by Gasteiger charge is -2.18. The highest BCUT2D eigenvalue weighted by Crippen LogP contribution is 2.27. The Bertz CT molecular complexity index is 1030. The first-order valence-corrected chi connectivity index (χ1v) is 10.4. The molecule has 1 unspecified atom stereocenters. The van der Waals surface area contributed by atoms with Crippen LogP contribution in [0.5, 0.6) is 0 Å². The maximum atomic E-state index is 12.9. The number of benzene rings is 2. The third-order valence-corrected chi connectivity index (χ3v) is 6.12. The highest BCUT2D eigenvalue weighted by Gasteiger charge is 2.38. The Balaban J connectivity index is 1.50. The van der Waals surface area contributed by atoms with E-state index in [4.69, 9.17) is 27.9 Å². The molecule has 3 amide bonds. The average Bonchev–Trinajstić information content (AvgIpc) is 3.33. The largest absolute Gasteiger partial charge is 0.376 e. The summed E-state index contributed by atoms with van der Waals surface area (Å²) >= 11 is 12.0. The summed E-state index contributed by atoms with van der Waals surface area (Å²) in [7, 11) is 1.66. The number of hydrogen-bond acceptors (Lipinski definition) is 4. The van der Waals surface area contributed by atoms with Crippen molar-refractivity contribution in [3.05, 3.63) is 68.7 Å². The second kappa shape index (κ2) is 8.38. The minimum Gasteiger partial charge on any atom is -0.376 e. The van der Waals surface area contributed by atoms with Crippen LogP contribution in [0.2, 0.25) is 10.0 Å². The minimum atomic E-state index is -0.382. The van der Waals surface area contributed by atoms with Gasteiger partial charge in [-0.3, -0.25) is 19.3 Å². The van der Waals surface area contributed by atoms with Crippen LogP contribution < -0.4 is 0 Å². The molecule has 156 valence electrons. The zero-order chi connectivity index (χ0) is 21.4. The van der Waals surface area contributed by atoms with Crippen LogP contribution in [0.3, 0.4) is 0 Å². The molecule has 0 aromatic heterocycles. The molecular formula is C22H20Cl2N2O4. The maximum Gasteiger partial charge on any atom is 0.261 e. The molecule has 2 aromatic carbocycles. The van der Waals surface area contributed by atoms with E-state index in [1.807, 2.05) is 0 Å². The molecule has 30 heavy (non-hydrogen) atoms. The van der Waals surface area contributed by atoms with E-state index < -0.39 is 0 Å². The Hall–Kier alpha value is -2.41. The van der Waals surface area contributed by atoms with Crippen molar-refractivity contribution in [2.75, 3.05) is 20.2 Å². The third kappa shape index (κ3) is 3.95. The molecule has 1 saturated heterocycles. The number of imide groups is 1. The van der Waals surface area contributed by atoms with Crippen molar-refractivity contribution in [1.29, 1.82) is 0 Å². The molecule has 2 aromatic rings. The number of carbonyl (C=O) groups is 3. The fourth-order valence-corrected chi connectivity index (χ4v) is 4.11. The fourth-order valence-electron chi connectivity index (χ4n) is 3.79. The molecular weight excluding hydrogens is 427 g/mol. The second-order valence-electron chi connectivity index (χ2n) is 7.53. The number of amides is 3. The maximum absolute atomic E-state index is 12.9. The monoisotopic (exact) mass is 446 g/mol. The van der Waals surface area contributed by atoms with Crippen molar-refractivity contribution in [3.63, 3.8) is 0 Å². The first-order chi connectivity index (χ1) is 14.3. The van der Waals surface area contributed by atoms with Gasteiger partial charge in [0.05, 0.1) is 33.8 Å². The molecule has 0 radical (unpaired) electrons. The van der Waals surface area contributed by atoms with Gasteiger partial charge in [0.1, 0.15) is 0 Å². The number of fused-ring (bicyclic) bond motifs is 1. The Morgan fingerprint density at radius 2 is 1.87 bits per heavy atom. The molecule has 0 bridgehead atoms. The van der Waals surface area contributed by atoms with Gasteiger partial charge < -0.3 is 9.64 Å². The molecule has 0 N–H and O–H groups in total. The molecule has 0 spiro atoms. The lowest BCUT2D eigenvalue weighted by Crippen LogP contribution is -2.36. The normalized spacial score (nSPS) is 18.1. The van der Waals surface area contributed by atoms with Gasteiger partial charge in [-0.05, 0) is 48.7 Å². The van der Waals surface area contributed by atoms with E-state index in [0.29, 0.717) is 34.3 Å². The molecule has 2 aliphatic heterocycles. The molecule has 8 heteroatoms. The number of carbonyl (C=O) groups excluding carboxylic acids is 3. The van der Waals surface area contributed by atoms with Crippen molar-refractivity contribution < 1.29 is 19.1 Å². The van der Waals surface area contributed by atoms with Gasteiger partial charge in [-0.2, -0.15) is 0 Å². The second-order valence-corrected chi connectivity index (χ2v) is 8.34. The standard InChI is InChI=1S/C22H20Cl2N2O4/c1-25(11-13-4-7-18(23)19(24)9-13)20(27)14-5-6-16-17(10-14)22(29)26(21(16)28)12-15-3-2-8-30-15/h4-7,9-10,15H,2-3,8,11-12H2,1H3. The molecule has 0 aliphatic carbocycles. The molecule has 1 fully saturated rings. The van der Waals surface area contributed by atoms with Crippen LogP contribution in [0, 0.1) is 0 Å². The van der Waals surface area contributed by atoms with Crippen molar-refractivity contribution in [2.24, 2.45) is 0 Å². The van der Waals surface area contributed by atoms with E-state index in [2.05, 4.69) is 0 Å². The topological polar surface area (TPSA) is 66.9 Å². The van der Waals surface area contributed by atoms with Gasteiger partial charge in [-0.25, -0.2) is 0 Å². The number of nitrogens with zero attached hydrogens (tertiary/aromatic N) is 2. The van der Waals surface area contributed by atoms with E-state index in [1.165, 1.54) is 15.9 Å². The van der Waals surface area contributed by atoms with Crippen molar-refractivity contribution in [1.82, 2.24) is 9.80 Å². The Morgan fingerprint density at radius 1 is 1.10 bits per heavy atom. The van der Waals surface area contributed by atoms with Crippen LogP contribution in [-0.2, 0) is 11.3 Å². The van der Waals surface area contributed by atoms with Crippen LogP contribution in [0.25, 0.3) is 0 Å². The van der Waals surface area contributed by atoms with Crippen LogP contribution in [0.15, 0.2) is 36.4 Å². The van der Waals surface area contributed by atoms with E-state index in [1.54, 1.807) is 37.4 Å². The molecule has 0 saturated carbocycles. The van der Waals surface area contributed by atoms with Gasteiger partial charge in [0.25, 0.3) is 17.7 Å². The zero-order valence-electron chi connectivity index (χ0n) is 16.4. The smallest absolute Gasteiger partial charge is 0.261 e. The number of halogens is 2. The third-order valence-electron chi connectivity index (χ3n) is 5.38. The highest BCUT2D eigenvalue weighted by molar-refractivity contribution is 6.42. The minimum absolute atomic E-state index is 0.120. The SMILES string of the molecule is CN(Cc1ccc(Cl)c(Cl)c1)C(=O)c1ccc2c(c1)C(=O)N(CC1CCCO1)C2=O. The number of ether oxygens (including phenoxy) is 1. The van der Waals surface area contributed by atoms with Gasteiger partial charge in [-0.15, -0.1) is 0 Å². The summed E-state index contributed by atoms with van der Waals surface area (Å²) in [5, 5.41) is 0.867. The van der Waals surface area contributed by atoms with Crippen molar-refractivity contribution in [2.45, 2.75) is 25.5 Å². The van der Waals surface area contributed by atoms with Gasteiger partial charge in [0.2, 0.25) is 0 Å². The van der Waals surface area contributed by atoms with Crippen molar-refractivity contribution >= 4 is 40.9 Å². The quantitative estimate of drug-likeness (QED) is 0.649. The summed E-state index contributed by atoms with van der Waals surface area (Å²) < 4.78 is 5.55. The van der Waals surface area contributed by atoms with Crippen LogP contribution in [-0.4, -0.2) is 53.8 Å². The Labute approximate surface area is 184 Å². The summed E-state index contributed by atoms with van der Waals surface area (Å²) in [6.07, 6.45) is 1.64. The Morgan fingerprint density at radius 3 is 2.57 bits per heavy atom. The summed E-state index contributed by atoms with van der Waals surface area (Å²) in [4.78, 5) is 41.1. The summed E-state index contributed by atoms with van der Waals surface area (Å²) in [6, 6.07) is 9.81. The van der Waals surface area contributed by atoms with Crippen molar-refractivity contribution in [3.8, 4) is 0 Å². The average molecular weight is 447 g/mol. The first-order valence-electron chi connectivity index (χ1n) is 9.66. The molecule has 1 atom stereocenters. The summed E-state index contributed by atoms with van der Waals surface area (Å²) in [5.74, 6) is -0.984. The lowest BCUT2D eigenvalue weighted by atomic mass is 10.0. The summed E-state index contributed by atoms with van der Waals surface area (Å²) in [6.45, 7) is 1.22. The number of rotatable bonds is 5. The first kappa shape index (κ1) is 20.8. The highest BCUT2D eigenvalue weighted by atomic mass is 35.5. The van der Waals surface area contributed by atoms with Gasteiger partial charge in [0.15, 0.2) is 0 Å². The van der Waals surface area contributed by atoms with E-state index in [9.17, 15) is 14.4 Å². The predicted molar refractivity (Wildman–Crippen MR) is 113 cm³/mol. The van der Waals surface area contributed by atoms with Crippen LogP contribution in [0.1, 0.15) is 49.5 Å². The molecule has 6 nitrogen and oxygen atoms in total. The fraction of sp³-hybridized carbons (Fsp3) is 0.318. The van der Waals surface area contributed by atoms with Crippen LogP contribution >= 0.6 is 23.2 Å². The zero-order valence-corrected chi connectivity index (χ0v) is 17.9. The van der Waals surface area contributed by atoms with E-state index >= 15 is 0 Å². The van der Waals surface area contributed by atoms with Gasteiger partial charge in [0, 0.05) is 25.8 Å². The van der Waals surface area contributed by atoms with Crippen LogP contribution in [0.4, 0.5) is 0 Å². The lowest BCUT2D eigenvalue weighted by molar-refractivity contribution is 0.0475. The van der Waals surface area contributed by atoms with Gasteiger partial charge >= 0.3 is 0 Å². The van der Waals surface area contributed by atoms with E-state index in [-0.39, 0.29) is 35.9 Å². The van der Waals surface area contributed by atoms with E-state index in [0.717, 1.165) is 18.4 Å². The van der Waals surface area contributed by atoms with Gasteiger partial charge in [-0.1, -0.05) is 29.3 Å². The Kier molecular flexibility index (Phi) is 5.82. The molecule has 2 heterocycles. The molecule has 4 rings (SSSR count). The summed E-state index contributed by atoms with van der Waals surface area (Å²) in [5.41, 5.74) is 1.75.